The van der Waals surface area contributed by atoms with E-state index in [1.807, 2.05) is 51.1 Å². The Hall–Kier alpha value is -1.88. The maximum absolute atomic E-state index is 12.5. The highest BCUT2D eigenvalue weighted by Gasteiger charge is 2.25. The van der Waals surface area contributed by atoms with Crippen molar-refractivity contribution >= 4 is 17.7 Å². The topological polar surface area (TPSA) is 46.1 Å². The van der Waals surface area contributed by atoms with Gasteiger partial charge in [0.1, 0.15) is 5.25 Å². The molecule has 22 heavy (non-hydrogen) atoms. The SMILES string of the molecule is Cc1nc(S[C@@H](C(=O)N(C)C)c2ccccc2)nc(C)c1C. The van der Waals surface area contributed by atoms with Crippen molar-refractivity contribution in [1.82, 2.24) is 14.9 Å². The number of hydrogen-bond donors (Lipinski definition) is 0. The van der Waals surface area contributed by atoms with Crippen molar-refractivity contribution < 1.29 is 4.79 Å². The van der Waals surface area contributed by atoms with Crippen LogP contribution in [0.15, 0.2) is 35.5 Å². The zero-order chi connectivity index (χ0) is 16.3. The van der Waals surface area contributed by atoms with Gasteiger partial charge in [-0.3, -0.25) is 4.79 Å². The fourth-order valence-corrected chi connectivity index (χ4v) is 3.22. The Kier molecular flexibility index (Phi) is 5.19. The van der Waals surface area contributed by atoms with E-state index in [9.17, 15) is 4.79 Å². The average molecular weight is 315 g/mol. The van der Waals surface area contributed by atoms with Gasteiger partial charge in [-0.25, -0.2) is 9.97 Å². The Morgan fingerprint density at radius 3 is 2.09 bits per heavy atom. The average Bonchev–Trinajstić information content (AvgIpc) is 2.50. The van der Waals surface area contributed by atoms with E-state index in [-0.39, 0.29) is 11.2 Å². The molecule has 0 spiro atoms. The molecule has 0 saturated carbocycles. The van der Waals surface area contributed by atoms with Gasteiger partial charge in [0.05, 0.1) is 0 Å². The fraction of sp³-hybridized carbons (Fsp3) is 0.353. The number of amides is 1. The second-order valence-corrected chi connectivity index (χ2v) is 6.52. The normalized spacial score (nSPS) is 12.0. The van der Waals surface area contributed by atoms with E-state index in [0.717, 1.165) is 22.5 Å². The molecule has 1 heterocycles. The molecule has 0 aliphatic heterocycles. The van der Waals surface area contributed by atoms with E-state index >= 15 is 0 Å². The van der Waals surface area contributed by atoms with Crippen LogP contribution in [-0.4, -0.2) is 34.9 Å². The Morgan fingerprint density at radius 2 is 1.59 bits per heavy atom. The molecule has 1 aromatic heterocycles. The minimum Gasteiger partial charge on any atom is -0.348 e. The number of aryl methyl sites for hydroxylation is 2. The van der Waals surface area contributed by atoms with Crippen molar-refractivity contribution in [3.05, 3.63) is 52.8 Å². The van der Waals surface area contributed by atoms with Gasteiger partial charge < -0.3 is 4.90 Å². The van der Waals surface area contributed by atoms with E-state index in [0.29, 0.717) is 5.16 Å². The smallest absolute Gasteiger partial charge is 0.240 e. The first kappa shape index (κ1) is 16.5. The molecule has 1 amide bonds. The molecular formula is C17H21N3OS. The lowest BCUT2D eigenvalue weighted by atomic mass is 10.1. The summed E-state index contributed by atoms with van der Waals surface area (Å²) in [5.74, 6) is 0.0377. The summed E-state index contributed by atoms with van der Waals surface area (Å²) in [6.07, 6.45) is 0. The lowest BCUT2D eigenvalue weighted by Gasteiger charge is -2.20. The molecule has 0 unspecified atom stereocenters. The molecule has 0 N–H and O–H groups in total. The molecule has 0 saturated heterocycles. The summed E-state index contributed by atoms with van der Waals surface area (Å²) in [5, 5.41) is 0.308. The highest BCUT2D eigenvalue weighted by molar-refractivity contribution is 8.00. The van der Waals surface area contributed by atoms with Crippen molar-refractivity contribution in [3.63, 3.8) is 0 Å². The zero-order valence-electron chi connectivity index (χ0n) is 13.6. The van der Waals surface area contributed by atoms with E-state index in [2.05, 4.69) is 9.97 Å². The number of carbonyl (C=O) groups excluding carboxylic acids is 1. The molecule has 2 rings (SSSR count). The van der Waals surface area contributed by atoms with Crippen LogP contribution < -0.4 is 0 Å². The van der Waals surface area contributed by atoms with E-state index in [4.69, 9.17) is 0 Å². The summed E-state index contributed by atoms with van der Waals surface area (Å²) in [4.78, 5) is 23.2. The van der Waals surface area contributed by atoms with Crippen LogP contribution in [0.5, 0.6) is 0 Å². The van der Waals surface area contributed by atoms with Gasteiger partial charge in [0.15, 0.2) is 5.16 Å². The molecule has 0 bridgehead atoms. The predicted molar refractivity (Wildman–Crippen MR) is 90.0 cm³/mol. The van der Waals surface area contributed by atoms with Gasteiger partial charge in [0.25, 0.3) is 0 Å². The Labute approximate surface area is 136 Å². The predicted octanol–water partition coefficient (Wildman–Crippen LogP) is 3.32. The number of likely N-dealkylation sites (N-methyl/N-ethyl adjacent to an activating group) is 1. The first-order valence-corrected chi connectivity index (χ1v) is 8.02. The van der Waals surface area contributed by atoms with Gasteiger partial charge in [-0.05, 0) is 31.9 Å². The van der Waals surface area contributed by atoms with E-state index in [1.54, 1.807) is 19.0 Å². The standard InChI is InChI=1S/C17H21N3OS/c1-11-12(2)18-17(19-13(11)3)22-15(16(21)20(4)5)14-9-7-6-8-10-14/h6-10,15H,1-5H3/t15-/m1/s1. The number of carbonyl (C=O) groups is 1. The summed E-state index contributed by atoms with van der Waals surface area (Å²) in [6, 6.07) is 9.76. The molecule has 1 aromatic carbocycles. The van der Waals surface area contributed by atoms with Crippen molar-refractivity contribution in [1.29, 1.82) is 0 Å². The molecule has 1 atom stereocenters. The molecule has 116 valence electrons. The number of aromatic nitrogens is 2. The number of benzene rings is 1. The quantitative estimate of drug-likeness (QED) is 0.641. The molecule has 0 fully saturated rings. The maximum Gasteiger partial charge on any atom is 0.240 e. The van der Waals surface area contributed by atoms with Gasteiger partial charge in [0.2, 0.25) is 5.91 Å². The van der Waals surface area contributed by atoms with Crippen LogP contribution >= 0.6 is 11.8 Å². The lowest BCUT2D eigenvalue weighted by Crippen LogP contribution is -2.26. The number of thioether (sulfide) groups is 1. The van der Waals surface area contributed by atoms with Crippen LogP contribution in [0, 0.1) is 20.8 Å². The van der Waals surface area contributed by atoms with Crippen molar-refractivity contribution in [2.45, 2.75) is 31.2 Å². The summed E-state index contributed by atoms with van der Waals surface area (Å²) in [7, 11) is 3.54. The van der Waals surface area contributed by atoms with Gasteiger partial charge >= 0.3 is 0 Å². The molecule has 0 radical (unpaired) electrons. The molecular weight excluding hydrogens is 294 g/mol. The van der Waals surface area contributed by atoms with Crippen molar-refractivity contribution in [3.8, 4) is 0 Å². The monoisotopic (exact) mass is 315 g/mol. The third-order valence-electron chi connectivity index (χ3n) is 3.60. The Balaban J connectivity index is 2.37. The van der Waals surface area contributed by atoms with E-state index < -0.39 is 0 Å². The summed E-state index contributed by atoms with van der Waals surface area (Å²) >= 11 is 1.40. The summed E-state index contributed by atoms with van der Waals surface area (Å²) < 4.78 is 0. The van der Waals surface area contributed by atoms with Gasteiger partial charge in [-0.15, -0.1) is 0 Å². The zero-order valence-corrected chi connectivity index (χ0v) is 14.4. The first-order chi connectivity index (χ1) is 10.4. The third-order valence-corrected chi connectivity index (χ3v) is 4.71. The van der Waals surface area contributed by atoms with Crippen molar-refractivity contribution in [2.75, 3.05) is 14.1 Å². The minimum absolute atomic E-state index is 0.0377. The van der Waals surface area contributed by atoms with Crippen LogP contribution in [0.4, 0.5) is 0 Å². The maximum atomic E-state index is 12.5. The second kappa shape index (κ2) is 6.92. The molecule has 0 aliphatic carbocycles. The molecule has 0 aliphatic rings. The summed E-state index contributed by atoms with van der Waals surface area (Å²) in [5.41, 5.74) is 3.98. The van der Waals surface area contributed by atoms with Crippen LogP contribution in [0.2, 0.25) is 0 Å². The number of hydrogen-bond acceptors (Lipinski definition) is 4. The minimum atomic E-state index is -0.335. The van der Waals surface area contributed by atoms with Crippen LogP contribution in [-0.2, 0) is 4.79 Å². The molecule has 2 aromatic rings. The second-order valence-electron chi connectivity index (χ2n) is 5.44. The fourth-order valence-electron chi connectivity index (χ4n) is 2.02. The summed E-state index contributed by atoms with van der Waals surface area (Å²) in [6.45, 7) is 5.96. The van der Waals surface area contributed by atoms with Crippen LogP contribution in [0.1, 0.15) is 27.8 Å². The van der Waals surface area contributed by atoms with Crippen LogP contribution in [0.3, 0.4) is 0 Å². The van der Waals surface area contributed by atoms with E-state index in [1.165, 1.54) is 11.8 Å². The third kappa shape index (κ3) is 3.65. The molecule has 4 nitrogen and oxygen atoms in total. The largest absolute Gasteiger partial charge is 0.348 e. The van der Waals surface area contributed by atoms with Gasteiger partial charge in [0, 0.05) is 25.5 Å². The Morgan fingerprint density at radius 1 is 1.05 bits per heavy atom. The number of nitrogens with zero attached hydrogens (tertiary/aromatic N) is 3. The highest BCUT2D eigenvalue weighted by Crippen LogP contribution is 2.35. The Bertz CT molecular complexity index is 648. The van der Waals surface area contributed by atoms with Gasteiger partial charge in [-0.1, -0.05) is 42.1 Å². The van der Waals surface area contributed by atoms with Crippen molar-refractivity contribution in [2.24, 2.45) is 0 Å². The van der Waals surface area contributed by atoms with Crippen LogP contribution in [0.25, 0.3) is 0 Å². The lowest BCUT2D eigenvalue weighted by molar-refractivity contribution is -0.128. The first-order valence-electron chi connectivity index (χ1n) is 7.14. The highest BCUT2D eigenvalue weighted by atomic mass is 32.2. The molecule has 5 heteroatoms. The number of rotatable bonds is 4. The van der Waals surface area contributed by atoms with Gasteiger partial charge in [-0.2, -0.15) is 0 Å².